The first-order valence-electron chi connectivity index (χ1n) is 9.92. The molecule has 0 spiro atoms. The smallest absolute Gasteiger partial charge is 0.241 e. The van der Waals surface area contributed by atoms with E-state index in [1.54, 1.807) is 24.3 Å². The number of nitrogens with two attached hydrogens (primary N) is 3. The van der Waals surface area contributed by atoms with Gasteiger partial charge in [-0.15, -0.1) is 10.2 Å². The Balaban J connectivity index is 2.26. The monoisotopic (exact) mass is 511 g/mol. The molecule has 0 aliphatic carbocycles. The minimum Gasteiger partial charge on any atom is -0.395 e. The number of sulfonamides is 2. The molecule has 0 saturated heterocycles. The van der Waals surface area contributed by atoms with Gasteiger partial charge in [0.2, 0.25) is 25.9 Å². The molecule has 2 aromatic carbocycles. The van der Waals surface area contributed by atoms with Crippen molar-refractivity contribution in [1.29, 1.82) is 0 Å². The van der Waals surface area contributed by atoms with Crippen molar-refractivity contribution in [2.24, 2.45) is 16.6 Å². The van der Waals surface area contributed by atoms with Crippen LogP contribution in [0.3, 0.4) is 0 Å². The summed E-state index contributed by atoms with van der Waals surface area (Å²) in [5.74, 6) is -0.171. The zero-order chi connectivity index (χ0) is 24.9. The second-order valence-electron chi connectivity index (χ2n) is 7.19. The molecule has 0 aliphatic rings. The second-order valence-corrected chi connectivity index (χ2v) is 10.4. The summed E-state index contributed by atoms with van der Waals surface area (Å²) < 4.78 is 53.3. The molecule has 0 radical (unpaired) electrons. The lowest BCUT2D eigenvalue weighted by Crippen LogP contribution is -2.32. The van der Waals surface area contributed by atoms with Gasteiger partial charge < -0.3 is 21.9 Å². The maximum atomic E-state index is 12.9. The number of aliphatic hydroxyl groups is 1. The number of hydrogen-bond donors (Lipinski definition) is 7. The molecule has 0 saturated carbocycles. The molecule has 0 fully saturated rings. The van der Waals surface area contributed by atoms with E-state index in [1.165, 1.54) is 6.07 Å². The van der Waals surface area contributed by atoms with Crippen molar-refractivity contribution in [2.45, 2.75) is 15.8 Å². The van der Waals surface area contributed by atoms with Gasteiger partial charge in [0.25, 0.3) is 0 Å². The maximum absolute atomic E-state index is 12.9. The molecule has 16 heteroatoms. The third-order valence-corrected chi connectivity index (χ3v) is 7.30. The highest BCUT2D eigenvalue weighted by Crippen LogP contribution is 2.39. The topological polar surface area (TPSA) is 245 Å². The standard InChI is InChI=1S/C18H25N9O5S2/c19-6-7-23-34(31,32)15-5-4-14(11-2-1-3-13(8-11)22-9-12(20)10-28)16(17(15)33(21,29)30)18-24-26-27-25-18/h1-5,8,12,22-23,28H,6-7,9-10,19-20H2,(H2,21,29,30)(H,24,25,26,27)/t12-/m0/s1. The Labute approximate surface area is 196 Å². The Kier molecular flexibility index (Phi) is 7.93. The van der Waals surface area contributed by atoms with Crippen molar-refractivity contribution < 1.29 is 21.9 Å². The summed E-state index contributed by atoms with van der Waals surface area (Å²) in [7, 11) is -8.90. The molecule has 184 valence electrons. The summed E-state index contributed by atoms with van der Waals surface area (Å²) in [6, 6.07) is 8.90. The first-order chi connectivity index (χ1) is 16.1. The Morgan fingerprint density at radius 2 is 1.91 bits per heavy atom. The van der Waals surface area contributed by atoms with E-state index in [9.17, 15) is 16.8 Å². The molecule has 0 bridgehead atoms. The number of nitrogens with zero attached hydrogens (tertiary/aromatic N) is 3. The van der Waals surface area contributed by atoms with Crippen molar-refractivity contribution in [1.82, 2.24) is 25.3 Å². The number of aromatic nitrogens is 4. The van der Waals surface area contributed by atoms with Crippen molar-refractivity contribution in [3.05, 3.63) is 36.4 Å². The summed E-state index contributed by atoms with van der Waals surface area (Å²) in [5, 5.41) is 31.1. The minimum atomic E-state index is -4.60. The van der Waals surface area contributed by atoms with Crippen LogP contribution in [0.1, 0.15) is 0 Å². The minimum absolute atomic E-state index is 0.000544. The van der Waals surface area contributed by atoms with Crippen molar-refractivity contribution in [2.75, 3.05) is 31.6 Å². The summed E-state index contributed by atoms with van der Waals surface area (Å²) >= 11 is 0. The number of nitrogens with one attached hydrogen (secondary N) is 3. The highest BCUT2D eigenvalue weighted by molar-refractivity contribution is 7.92. The van der Waals surface area contributed by atoms with E-state index in [2.05, 4.69) is 30.7 Å². The van der Waals surface area contributed by atoms with Crippen LogP contribution in [-0.4, -0.2) is 74.8 Å². The van der Waals surface area contributed by atoms with Crippen LogP contribution in [0.5, 0.6) is 0 Å². The van der Waals surface area contributed by atoms with Gasteiger partial charge in [0.05, 0.1) is 12.2 Å². The van der Waals surface area contributed by atoms with Gasteiger partial charge in [-0.2, -0.15) is 5.21 Å². The van der Waals surface area contributed by atoms with Gasteiger partial charge in [0, 0.05) is 31.4 Å². The maximum Gasteiger partial charge on any atom is 0.241 e. The largest absolute Gasteiger partial charge is 0.395 e. The number of H-pyrrole nitrogens is 1. The van der Waals surface area contributed by atoms with E-state index < -0.39 is 35.9 Å². The lowest BCUT2D eigenvalue weighted by atomic mass is 9.98. The SMILES string of the molecule is NCCNS(=O)(=O)c1ccc(-c2cccc(NC[C@H](N)CO)c2)c(-c2nn[nH]n2)c1S(N)(=O)=O. The van der Waals surface area contributed by atoms with Crippen molar-refractivity contribution >= 4 is 25.7 Å². The lowest BCUT2D eigenvalue weighted by Gasteiger charge is -2.17. The normalized spacial score (nSPS) is 13.1. The van der Waals surface area contributed by atoms with E-state index in [1.807, 2.05) is 0 Å². The van der Waals surface area contributed by atoms with Crippen molar-refractivity contribution in [3.63, 3.8) is 0 Å². The molecule has 0 aliphatic heterocycles. The number of anilines is 1. The highest BCUT2D eigenvalue weighted by atomic mass is 32.2. The van der Waals surface area contributed by atoms with Crippen LogP contribution in [0.15, 0.2) is 46.2 Å². The number of aliphatic hydroxyl groups excluding tert-OH is 1. The van der Waals surface area contributed by atoms with Gasteiger partial charge in [-0.1, -0.05) is 18.2 Å². The van der Waals surface area contributed by atoms with Crippen LogP contribution >= 0.6 is 0 Å². The van der Waals surface area contributed by atoms with E-state index in [4.69, 9.17) is 21.7 Å². The molecule has 14 nitrogen and oxygen atoms in total. The van der Waals surface area contributed by atoms with Crippen LogP contribution in [0.4, 0.5) is 5.69 Å². The van der Waals surface area contributed by atoms with Gasteiger partial charge in [0.15, 0.2) is 0 Å². The fourth-order valence-electron chi connectivity index (χ4n) is 3.17. The molecular weight excluding hydrogens is 486 g/mol. The molecule has 10 N–H and O–H groups in total. The van der Waals surface area contributed by atoms with Crippen molar-refractivity contribution in [3.8, 4) is 22.5 Å². The Hall–Kier alpha value is -2.99. The predicted octanol–water partition coefficient (Wildman–Crippen LogP) is -1.85. The van der Waals surface area contributed by atoms with Crippen LogP contribution in [0, 0.1) is 0 Å². The number of tetrazole rings is 1. The first kappa shape index (κ1) is 25.6. The summed E-state index contributed by atoms with van der Waals surface area (Å²) in [6.45, 7) is -0.0422. The lowest BCUT2D eigenvalue weighted by molar-refractivity contribution is 0.270. The molecule has 0 unspecified atom stereocenters. The number of rotatable bonds is 11. The average Bonchev–Trinajstić information content (AvgIpc) is 3.34. The van der Waals surface area contributed by atoms with Crippen LogP contribution in [0.25, 0.3) is 22.5 Å². The molecule has 1 heterocycles. The fourth-order valence-corrected chi connectivity index (χ4v) is 5.82. The molecule has 0 amide bonds. The average molecular weight is 512 g/mol. The van der Waals surface area contributed by atoms with Gasteiger partial charge in [-0.3, -0.25) is 0 Å². The van der Waals surface area contributed by atoms with Crippen LogP contribution < -0.4 is 26.6 Å². The fraction of sp³-hybridized carbons (Fsp3) is 0.278. The van der Waals surface area contributed by atoms with Crippen LogP contribution in [0.2, 0.25) is 0 Å². The van der Waals surface area contributed by atoms with Gasteiger partial charge in [0.1, 0.15) is 9.79 Å². The second kappa shape index (κ2) is 10.5. The number of hydrogen-bond acceptors (Lipinski definition) is 11. The van der Waals surface area contributed by atoms with E-state index in [0.717, 1.165) is 6.07 Å². The Morgan fingerprint density at radius 1 is 1.15 bits per heavy atom. The van der Waals surface area contributed by atoms with E-state index >= 15 is 0 Å². The number of aromatic amines is 1. The zero-order valence-electron chi connectivity index (χ0n) is 17.8. The van der Waals surface area contributed by atoms with Gasteiger partial charge in [-0.25, -0.2) is 26.7 Å². The quantitative estimate of drug-likeness (QED) is 0.150. The zero-order valence-corrected chi connectivity index (χ0v) is 19.5. The summed E-state index contributed by atoms with van der Waals surface area (Å²) in [5.41, 5.74) is 12.4. The molecule has 3 aromatic rings. The van der Waals surface area contributed by atoms with Crippen LogP contribution in [-0.2, 0) is 20.0 Å². The van der Waals surface area contributed by atoms with E-state index in [0.29, 0.717) is 16.8 Å². The molecule has 3 rings (SSSR count). The van der Waals surface area contributed by atoms with Gasteiger partial charge in [-0.05, 0) is 34.5 Å². The molecular formula is C18H25N9O5S2. The first-order valence-corrected chi connectivity index (χ1v) is 13.0. The highest BCUT2D eigenvalue weighted by Gasteiger charge is 2.31. The predicted molar refractivity (Wildman–Crippen MR) is 124 cm³/mol. The third-order valence-electron chi connectivity index (χ3n) is 4.68. The number of primary sulfonamides is 1. The summed E-state index contributed by atoms with van der Waals surface area (Å²) in [4.78, 5) is -1.26. The Bertz CT molecular complexity index is 1350. The Morgan fingerprint density at radius 3 is 2.53 bits per heavy atom. The molecule has 34 heavy (non-hydrogen) atoms. The number of benzene rings is 2. The third kappa shape index (κ3) is 5.73. The molecule has 1 aromatic heterocycles. The van der Waals surface area contributed by atoms with Gasteiger partial charge >= 0.3 is 0 Å². The van der Waals surface area contributed by atoms with E-state index in [-0.39, 0.29) is 37.6 Å². The molecule has 1 atom stereocenters. The summed E-state index contributed by atoms with van der Waals surface area (Å²) in [6.07, 6.45) is 0.